The Hall–Kier alpha value is -2.87. The summed E-state index contributed by atoms with van der Waals surface area (Å²) in [6.07, 6.45) is 1.49. The topological polar surface area (TPSA) is 74.2 Å². The maximum Gasteiger partial charge on any atom is 0.230 e. The number of rotatable bonds is 1. The fraction of sp³-hybridized carbons (Fsp3) is 0.0714. The van der Waals surface area contributed by atoms with Crippen molar-refractivity contribution in [1.29, 1.82) is 5.26 Å². The van der Waals surface area contributed by atoms with Crippen molar-refractivity contribution in [2.24, 2.45) is 0 Å². The van der Waals surface area contributed by atoms with Crippen LogP contribution in [-0.4, -0.2) is 19.5 Å². The molecule has 0 atom stereocenters. The molecule has 0 saturated heterocycles. The van der Waals surface area contributed by atoms with Crippen LogP contribution in [0.15, 0.2) is 36.5 Å². The second-order valence-corrected chi connectivity index (χ2v) is 4.16. The van der Waals surface area contributed by atoms with E-state index in [1.165, 1.54) is 6.20 Å². The van der Waals surface area contributed by atoms with Crippen LogP contribution < -0.4 is 0 Å². The molecule has 5 heteroatoms. The molecule has 1 aromatic carbocycles. The van der Waals surface area contributed by atoms with E-state index >= 15 is 0 Å². The normalized spacial score (nSPS) is 10.5. The van der Waals surface area contributed by atoms with Crippen molar-refractivity contribution in [3.8, 4) is 23.2 Å². The lowest BCUT2D eigenvalue weighted by Crippen LogP contribution is -2.01. The maximum absolute atomic E-state index is 9.57. The van der Waals surface area contributed by atoms with Gasteiger partial charge in [0.1, 0.15) is 6.07 Å². The van der Waals surface area contributed by atoms with E-state index < -0.39 is 0 Å². The Balaban J connectivity index is 2.43. The van der Waals surface area contributed by atoms with Gasteiger partial charge in [-0.1, -0.05) is 30.3 Å². The molecule has 0 unspecified atom stereocenters. The first-order valence-corrected chi connectivity index (χ1v) is 5.75. The maximum atomic E-state index is 9.57. The smallest absolute Gasteiger partial charge is 0.230 e. The molecule has 2 aromatic heterocycles. The fourth-order valence-electron chi connectivity index (χ4n) is 2.17. The first-order chi connectivity index (χ1) is 9.20. The van der Waals surface area contributed by atoms with Gasteiger partial charge in [-0.2, -0.15) is 10.2 Å². The van der Waals surface area contributed by atoms with Gasteiger partial charge in [0.25, 0.3) is 0 Å². The molecule has 0 amide bonds. The van der Waals surface area contributed by atoms with Gasteiger partial charge in [-0.15, -0.1) is 0 Å². The minimum atomic E-state index is -0.124. The number of imidazole rings is 1. The first kappa shape index (κ1) is 11.2. The van der Waals surface area contributed by atoms with Gasteiger partial charge in [0.15, 0.2) is 11.3 Å². The van der Waals surface area contributed by atoms with Crippen LogP contribution in [0.2, 0.25) is 0 Å². The number of fused-ring (bicyclic) bond motifs is 1. The van der Waals surface area contributed by atoms with Crippen LogP contribution in [-0.2, 0) is 0 Å². The minimum absolute atomic E-state index is 0.124. The van der Waals surface area contributed by atoms with Crippen LogP contribution >= 0.6 is 0 Å². The highest BCUT2D eigenvalue weighted by Gasteiger charge is 2.15. The number of nitriles is 1. The first-order valence-electron chi connectivity index (χ1n) is 5.75. The molecule has 92 valence electrons. The van der Waals surface area contributed by atoms with Crippen molar-refractivity contribution in [2.45, 2.75) is 6.92 Å². The van der Waals surface area contributed by atoms with E-state index in [1.54, 1.807) is 4.40 Å². The number of aromatic hydroxyl groups is 1. The zero-order chi connectivity index (χ0) is 13.4. The molecule has 0 aliphatic rings. The monoisotopic (exact) mass is 250 g/mol. The molecule has 1 N–H and O–H groups in total. The highest BCUT2D eigenvalue weighted by atomic mass is 16.3. The Morgan fingerprint density at radius 3 is 2.63 bits per heavy atom. The largest absolute Gasteiger partial charge is 0.492 e. The van der Waals surface area contributed by atoms with Gasteiger partial charge in [0, 0.05) is 5.56 Å². The van der Waals surface area contributed by atoms with E-state index in [9.17, 15) is 5.11 Å². The van der Waals surface area contributed by atoms with Crippen LogP contribution in [0.5, 0.6) is 5.88 Å². The lowest BCUT2D eigenvalue weighted by molar-refractivity contribution is 0.457. The molecular formula is C14H10N4O. The van der Waals surface area contributed by atoms with E-state index in [0.717, 1.165) is 11.3 Å². The van der Waals surface area contributed by atoms with Crippen molar-refractivity contribution in [1.82, 2.24) is 14.4 Å². The summed E-state index contributed by atoms with van der Waals surface area (Å²) in [6, 6.07) is 11.7. The number of aryl methyl sites for hydroxylation is 1. The summed E-state index contributed by atoms with van der Waals surface area (Å²) in [5.74, 6) is -0.124. The van der Waals surface area contributed by atoms with Gasteiger partial charge in [-0.3, -0.25) is 4.40 Å². The second kappa shape index (κ2) is 4.10. The number of hydrogen-bond donors (Lipinski definition) is 1. The molecule has 0 aliphatic heterocycles. The zero-order valence-corrected chi connectivity index (χ0v) is 10.2. The molecule has 0 fully saturated rings. The van der Waals surface area contributed by atoms with Crippen molar-refractivity contribution < 1.29 is 5.11 Å². The van der Waals surface area contributed by atoms with Gasteiger partial charge in [0.2, 0.25) is 5.88 Å². The molecule has 0 spiro atoms. The Labute approximate surface area is 109 Å². The second-order valence-electron chi connectivity index (χ2n) is 4.16. The Morgan fingerprint density at radius 2 is 1.95 bits per heavy atom. The van der Waals surface area contributed by atoms with Crippen LogP contribution in [0, 0.1) is 18.3 Å². The minimum Gasteiger partial charge on any atom is -0.492 e. The van der Waals surface area contributed by atoms with Crippen LogP contribution in [0.25, 0.3) is 16.9 Å². The lowest BCUT2D eigenvalue weighted by Gasteiger charge is -2.09. The predicted molar refractivity (Wildman–Crippen MR) is 69.5 cm³/mol. The van der Waals surface area contributed by atoms with Crippen molar-refractivity contribution in [2.75, 3.05) is 0 Å². The highest BCUT2D eigenvalue weighted by Crippen LogP contribution is 2.26. The molecule has 2 heterocycles. The third-order valence-corrected chi connectivity index (χ3v) is 2.92. The average Bonchev–Trinajstić information content (AvgIpc) is 2.80. The van der Waals surface area contributed by atoms with Crippen molar-refractivity contribution >= 4 is 5.65 Å². The molecular weight excluding hydrogens is 240 g/mol. The van der Waals surface area contributed by atoms with E-state index in [2.05, 4.69) is 9.97 Å². The standard InChI is InChI=1S/C14H10N4O/c1-9-13(10-5-3-2-4-6-10)18-8-12(19)17-14(18)11(7-15)16-9/h2-6,8,19H,1H3. The summed E-state index contributed by atoms with van der Waals surface area (Å²) in [5, 5.41) is 18.7. The van der Waals surface area contributed by atoms with Crippen LogP contribution in [0.3, 0.4) is 0 Å². The average molecular weight is 250 g/mol. The number of nitrogens with zero attached hydrogens (tertiary/aromatic N) is 4. The summed E-state index contributed by atoms with van der Waals surface area (Å²) in [6.45, 7) is 1.83. The zero-order valence-electron chi connectivity index (χ0n) is 10.2. The van der Waals surface area contributed by atoms with E-state index in [-0.39, 0.29) is 11.6 Å². The summed E-state index contributed by atoms with van der Waals surface area (Å²) in [5.41, 5.74) is 3.07. The predicted octanol–water partition coefficient (Wildman–Crippen LogP) is 2.28. The molecule has 3 rings (SSSR count). The molecule has 3 aromatic rings. The summed E-state index contributed by atoms with van der Waals surface area (Å²) < 4.78 is 1.70. The summed E-state index contributed by atoms with van der Waals surface area (Å²) in [4.78, 5) is 8.20. The fourth-order valence-corrected chi connectivity index (χ4v) is 2.17. The quantitative estimate of drug-likeness (QED) is 0.719. The van der Waals surface area contributed by atoms with Gasteiger partial charge < -0.3 is 5.11 Å². The summed E-state index contributed by atoms with van der Waals surface area (Å²) >= 11 is 0. The Morgan fingerprint density at radius 1 is 1.21 bits per heavy atom. The SMILES string of the molecule is Cc1nc(C#N)c2nc(O)cn2c1-c1ccccc1. The Bertz CT molecular complexity index is 800. The highest BCUT2D eigenvalue weighted by molar-refractivity contribution is 5.68. The summed E-state index contributed by atoms with van der Waals surface area (Å²) in [7, 11) is 0. The van der Waals surface area contributed by atoms with E-state index in [1.807, 2.05) is 43.3 Å². The Kier molecular flexibility index (Phi) is 2.43. The third kappa shape index (κ3) is 1.70. The van der Waals surface area contributed by atoms with Crippen LogP contribution in [0.1, 0.15) is 11.4 Å². The van der Waals surface area contributed by atoms with E-state index in [4.69, 9.17) is 5.26 Å². The third-order valence-electron chi connectivity index (χ3n) is 2.92. The van der Waals surface area contributed by atoms with Gasteiger partial charge >= 0.3 is 0 Å². The molecule has 5 nitrogen and oxygen atoms in total. The van der Waals surface area contributed by atoms with Crippen LogP contribution in [0.4, 0.5) is 0 Å². The number of aromatic nitrogens is 3. The van der Waals surface area contributed by atoms with Gasteiger partial charge in [-0.05, 0) is 6.92 Å². The van der Waals surface area contributed by atoms with E-state index in [0.29, 0.717) is 11.3 Å². The molecule has 0 radical (unpaired) electrons. The van der Waals surface area contributed by atoms with Gasteiger partial charge in [-0.25, -0.2) is 4.98 Å². The van der Waals surface area contributed by atoms with Crippen molar-refractivity contribution in [3.05, 3.63) is 47.9 Å². The number of benzene rings is 1. The number of hydrogen-bond acceptors (Lipinski definition) is 4. The van der Waals surface area contributed by atoms with Crippen molar-refractivity contribution in [3.63, 3.8) is 0 Å². The molecule has 19 heavy (non-hydrogen) atoms. The lowest BCUT2D eigenvalue weighted by atomic mass is 10.1. The van der Waals surface area contributed by atoms with Gasteiger partial charge in [0.05, 0.1) is 17.6 Å². The molecule has 0 saturated carbocycles. The molecule has 0 aliphatic carbocycles. The molecule has 0 bridgehead atoms.